The van der Waals surface area contributed by atoms with Gasteiger partial charge in [0.05, 0.1) is 6.26 Å². The minimum atomic E-state index is -0.644. The summed E-state index contributed by atoms with van der Waals surface area (Å²) >= 11 is 0. The molecule has 1 aliphatic rings. The van der Waals surface area contributed by atoms with E-state index in [2.05, 4.69) is 31.2 Å². The van der Waals surface area contributed by atoms with Gasteiger partial charge in [-0.15, -0.1) is 0 Å². The monoisotopic (exact) mass is 341 g/mol. The second-order valence-corrected chi connectivity index (χ2v) is 6.82. The van der Waals surface area contributed by atoms with Crippen LogP contribution in [0.15, 0.2) is 47.1 Å². The highest BCUT2D eigenvalue weighted by Crippen LogP contribution is 2.28. The first kappa shape index (κ1) is 17.7. The number of furan rings is 1. The molecule has 2 unspecified atom stereocenters. The highest BCUT2D eigenvalue weighted by molar-refractivity contribution is 5.77. The van der Waals surface area contributed by atoms with Crippen LogP contribution in [0, 0.1) is 0 Å². The molecule has 2 aromatic rings. The SMILES string of the molecule is CCc1ccc(CCC(=O)N2CCCC2CC(O)c2ccco2)cc1. The third-order valence-electron chi connectivity index (χ3n) is 5.12. The molecule has 4 heteroatoms. The van der Waals surface area contributed by atoms with Gasteiger partial charge in [-0.1, -0.05) is 31.2 Å². The first-order valence-corrected chi connectivity index (χ1v) is 9.26. The fourth-order valence-electron chi connectivity index (χ4n) is 3.60. The lowest BCUT2D eigenvalue weighted by Crippen LogP contribution is -2.36. The first-order valence-electron chi connectivity index (χ1n) is 9.26. The van der Waals surface area contributed by atoms with Gasteiger partial charge in [0.2, 0.25) is 5.91 Å². The number of hydrogen-bond acceptors (Lipinski definition) is 3. The van der Waals surface area contributed by atoms with Crippen molar-refractivity contribution in [2.24, 2.45) is 0 Å². The maximum absolute atomic E-state index is 12.6. The quantitative estimate of drug-likeness (QED) is 0.831. The third-order valence-corrected chi connectivity index (χ3v) is 5.12. The van der Waals surface area contributed by atoms with Crippen molar-refractivity contribution in [3.63, 3.8) is 0 Å². The van der Waals surface area contributed by atoms with Gasteiger partial charge in [0.1, 0.15) is 11.9 Å². The van der Waals surface area contributed by atoms with Crippen LogP contribution in [0.2, 0.25) is 0 Å². The van der Waals surface area contributed by atoms with Crippen molar-refractivity contribution in [2.45, 2.75) is 57.6 Å². The van der Waals surface area contributed by atoms with Crippen LogP contribution in [-0.4, -0.2) is 28.5 Å². The molecule has 2 heterocycles. The van der Waals surface area contributed by atoms with E-state index in [0.717, 1.165) is 32.2 Å². The predicted octanol–water partition coefficient (Wildman–Crippen LogP) is 3.89. The van der Waals surface area contributed by atoms with Gasteiger partial charge in [0, 0.05) is 25.4 Å². The summed E-state index contributed by atoms with van der Waals surface area (Å²) < 4.78 is 5.27. The second kappa shape index (κ2) is 8.34. The molecule has 0 bridgehead atoms. The molecule has 134 valence electrons. The van der Waals surface area contributed by atoms with E-state index < -0.39 is 6.10 Å². The van der Waals surface area contributed by atoms with Crippen LogP contribution in [0.3, 0.4) is 0 Å². The Labute approximate surface area is 149 Å². The maximum atomic E-state index is 12.6. The van der Waals surface area contributed by atoms with Gasteiger partial charge in [-0.3, -0.25) is 4.79 Å². The number of aryl methyl sites for hydroxylation is 2. The maximum Gasteiger partial charge on any atom is 0.223 e. The zero-order chi connectivity index (χ0) is 17.6. The largest absolute Gasteiger partial charge is 0.467 e. The van der Waals surface area contributed by atoms with E-state index in [0.29, 0.717) is 18.6 Å². The minimum absolute atomic E-state index is 0.107. The molecule has 1 saturated heterocycles. The Balaban J connectivity index is 1.53. The molecule has 1 aromatic carbocycles. The van der Waals surface area contributed by atoms with E-state index in [1.165, 1.54) is 11.1 Å². The van der Waals surface area contributed by atoms with Crippen LogP contribution in [0.1, 0.15) is 55.6 Å². The highest BCUT2D eigenvalue weighted by Gasteiger charge is 2.30. The molecule has 0 spiro atoms. The third kappa shape index (κ3) is 4.51. The van der Waals surface area contributed by atoms with Crippen molar-refractivity contribution < 1.29 is 14.3 Å². The molecular formula is C21H27NO3. The Hall–Kier alpha value is -2.07. The number of amides is 1. The van der Waals surface area contributed by atoms with E-state index in [4.69, 9.17) is 4.42 Å². The summed E-state index contributed by atoms with van der Waals surface area (Å²) in [5.74, 6) is 0.768. The zero-order valence-corrected chi connectivity index (χ0v) is 14.9. The number of benzene rings is 1. The van der Waals surface area contributed by atoms with Crippen molar-refractivity contribution in [2.75, 3.05) is 6.54 Å². The Morgan fingerprint density at radius 1 is 1.28 bits per heavy atom. The van der Waals surface area contributed by atoms with E-state index in [-0.39, 0.29) is 11.9 Å². The smallest absolute Gasteiger partial charge is 0.223 e. The van der Waals surface area contributed by atoms with Gasteiger partial charge < -0.3 is 14.4 Å². The second-order valence-electron chi connectivity index (χ2n) is 6.82. The summed E-state index contributed by atoms with van der Waals surface area (Å²) in [6, 6.07) is 12.2. The number of nitrogens with zero attached hydrogens (tertiary/aromatic N) is 1. The molecule has 1 aromatic heterocycles. The van der Waals surface area contributed by atoms with Crippen LogP contribution in [-0.2, 0) is 17.6 Å². The molecule has 2 atom stereocenters. The Morgan fingerprint density at radius 3 is 2.72 bits per heavy atom. The highest BCUT2D eigenvalue weighted by atomic mass is 16.4. The number of carbonyl (C=O) groups excluding carboxylic acids is 1. The van der Waals surface area contributed by atoms with Gasteiger partial charge in [0.15, 0.2) is 0 Å². The molecule has 3 rings (SSSR count). The van der Waals surface area contributed by atoms with Crippen LogP contribution >= 0.6 is 0 Å². The molecule has 0 saturated carbocycles. The normalized spacial score (nSPS) is 18.5. The lowest BCUT2D eigenvalue weighted by atomic mass is 10.0. The van der Waals surface area contributed by atoms with E-state index in [9.17, 15) is 9.90 Å². The lowest BCUT2D eigenvalue weighted by Gasteiger charge is -2.26. The van der Waals surface area contributed by atoms with Crippen LogP contribution < -0.4 is 0 Å². The Morgan fingerprint density at radius 2 is 2.04 bits per heavy atom. The summed E-state index contributed by atoms with van der Waals surface area (Å²) in [4.78, 5) is 14.6. The summed E-state index contributed by atoms with van der Waals surface area (Å²) in [7, 11) is 0. The lowest BCUT2D eigenvalue weighted by molar-refractivity contribution is -0.132. The van der Waals surface area contributed by atoms with Crippen molar-refractivity contribution in [1.82, 2.24) is 4.90 Å². The summed E-state index contributed by atoms with van der Waals surface area (Å²) in [5.41, 5.74) is 2.53. The summed E-state index contributed by atoms with van der Waals surface area (Å²) in [6.45, 7) is 2.94. The average molecular weight is 341 g/mol. The van der Waals surface area contributed by atoms with Gasteiger partial charge in [-0.25, -0.2) is 0 Å². The summed E-state index contributed by atoms with van der Waals surface area (Å²) in [5, 5.41) is 10.3. The van der Waals surface area contributed by atoms with Gasteiger partial charge in [-0.2, -0.15) is 0 Å². The molecule has 0 aliphatic carbocycles. The predicted molar refractivity (Wildman–Crippen MR) is 97.2 cm³/mol. The molecule has 0 radical (unpaired) electrons. The zero-order valence-electron chi connectivity index (χ0n) is 14.9. The van der Waals surface area contributed by atoms with E-state index in [1.807, 2.05) is 4.90 Å². The number of aliphatic hydroxyl groups is 1. The van der Waals surface area contributed by atoms with Crippen LogP contribution in [0.4, 0.5) is 0 Å². The fraction of sp³-hybridized carbons (Fsp3) is 0.476. The molecule has 1 N–H and O–H groups in total. The number of aliphatic hydroxyl groups excluding tert-OH is 1. The molecule has 1 fully saturated rings. The number of rotatable bonds is 7. The fourth-order valence-corrected chi connectivity index (χ4v) is 3.60. The summed E-state index contributed by atoms with van der Waals surface area (Å²) in [6.07, 6.45) is 5.76. The van der Waals surface area contributed by atoms with Crippen molar-refractivity contribution in [1.29, 1.82) is 0 Å². The topological polar surface area (TPSA) is 53.7 Å². The Kier molecular flexibility index (Phi) is 5.92. The molecule has 4 nitrogen and oxygen atoms in total. The van der Waals surface area contributed by atoms with Crippen molar-refractivity contribution in [3.05, 3.63) is 59.5 Å². The standard InChI is InChI=1S/C21H27NO3/c1-2-16-7-9-17(10-8-16)11-12-21(24)22-13-3-5-18(22)15-19(23)20-6-4-14-25-20/h4,6-10,14,18-19,23H,2-3,5,11-13,15H2,1H3. The number of likely N-dealkylation sites (tertiary alicyclic amines) is 1. The van der Waals surface area contributed by atoms with Crippen LogP contribution in [0.25, 0.3) is 0 Å². The molecule has 25 heavy (non-hydrogen) atoms. The van der Waals surface area contributed by atoms with Gasteiger partial charge in [-0.05, 0) is 48.9 Å². The van der Waals surface area contributed by atoms with E-state index >= 15 is 0 Å². The van der Waals surface area contributed by atoms with E-state index in [1.54, 1.807) is 18.4 Å². The van der Waals surface area contributed by atoms with Crippen molar-refractivity contribution >= 4 is 5.91 Å². The van der Waals surface area contributed by atoms with Gasteiger partial charge in [0.25, 0.3) is 0 Å². The average Bonchev–Trinajstić information content (AvgIpc) is 3.32. The molecule has 1 aliphatic heterocycles. The first-order chi connectivity index (χ1) is 12.2. The van der Waals surface area contributed by atoms with Crippen LogP contribution in [0.5, 0.6) is 0 Å². The number of hydrogen-bond donors (Lipinski definition) is 1. The minimum Gasteiger partial charge on any atom is -0.467 e. The van der Waals surface area contributed by atoms with Crippen molar-refractivity contribution in [3.8, 4) is 0 Å². The Bertz CT molecular complexity index is 663. The van der Waals surface area contributed by atoms with Gasteiger partial charge >= 0.3 is 0 Å². The molecule has 1 amide bonds. The molecular weight excluding hydrogens is 314 g/mol. The number of carbonyl (C=O) groups is 1.